The molecule has 0 aromatic heterocycles. The monoisotopic (exact) mass is 285 g/mol. The lowest BCUT2D eigenvalue weighted by Crippen LogP contribution is -2.32. The number of benzene rings is 2. The fraction of sp³-hybridized carbons (Fsp3) is 0.333. The minimum absolute atomic E-state index is 0.0295. The summed E-state index contributed by atoms with van der Waals surface area (Å²) in [6.07, 6.45) is 2.17. The van der Waals surface area contributed by atoms with Gasteiger partial charge in [-0.2, -0.15) is 0 Å². The average Bonchev–Trinajstić information content (AvgIpc) is 2.45. The van der Waals surface area contributed by atoms with Crippen molar-refractivity contribution in [1.29, 1.82) is 0 Å². The Bertz CT molecular complexity index is 668. The first-order valence-electron chi connectivity index (χ1n) is 7.41. The van der Waals surface area contributed by atoms with Gasteiger partial charge in [-0.05, 0) is 44.4 Å². The van der Waals surface area contributed by atoms with E-state index in [1.807, 2.05) is 6.92 Å². The van der Waals surface area contributed by atoms with E-state index in [9.17, 15) is 9.50 Å². The Balaban J connectivity index is 1.98. The number of halogens is 1. The van der Waals surface area contributed by atoms with Crippen molar-refractivity contribution in [2.45, 2.75) is 32.7 Å². The van der Waals surface area contributed by atoms with E-state index in [0.29, 0.717) is 5.56 Å². The van der Waals surface area contributed by atoms with Crippen molar-refractivity contribution in [2.24, 2.45) is 0 Å². The second kappa shape index (κ2) is 5.40. The second-order valence-corrected chi connectivity index (χ2v) is 5.81. The fourth-order valence-corrected chi connectivity index (χ4v) is 3.18. The molecule has 3 rings (SSSR count). The standard InChI is InChI=1S/C18H20FNO/c1-12-5-8-18-14(10-12)4-3-9-20(18)13(2)16-7-6-15(21)11-17(16)19/h5-8,10-11,13,21H,3-4,9H2,1-2H3. The van der Waals surface area contributed by atoms with Crippen LogP contribution in [0.3, 0.4) is 0 Å². The van der Waals surface area contributed by atoms with Crippen LogP contribution >= 0.6 is 0 Å². The number of aryl methyl sites for hydroxylation is 2. The molecule has 2 aromatic carbocycles. The summed E-state index contributed by atoms with van der Waals surface area (Å²) in [5.74, 6) is -0.375. The van der Waals surface area contributed by atoms with Gasteiger partial charge in [0.15, 0.2) is 0 Å². The molecule has 0 saturated heterocycles. The van der Waals surface area contributed by atoms with Crippen LogP contribution in [0.2, 0.25) is 0 Å². The molecule has 0 saturated carbocycles. The Morgan fingerprint density at radius 2 is 2.00 bits per heavy atom. The highest BCUT2D eigenvalue weighted by Crippen LogP contribution is 2.35. The van der Waals surface area contributed by atoms with E-state index in [1.165, 1.54) is 22.9 Å². The summed E-state index contributed by atoms with van der Waals surface area (Å²) in [6.45, 7) is 5.05. The molecule has 3 heteroatoms. The van der Waals surface area contributed by atoms with Crippen LogP contribution in [0.25, 0.3) is 0 Å². The van der Waals surface area contributed by atoms with Crippen LogP contribution in [-0.2, 0) is 6.42 Å². The third-order valence-corrected chi connectivity index (χ3v) is 4.29. The summed E-state index contributed by atoms with van der Waals surface area (Å²) in [7, 11) is 0. The van der Waals surface area contributed by atoms with Crippen molar-refractivity contribution in [2.75, 3.05) is 11.4 Å². The largest absolute Gasteiger partial charge is 0.508 e. The Kier molecular flexibility index (Phi) is 3.58. The molecule has 1 aliphatic heterocycles. The van der Waals surface area contributed by atoms with Crippen LogP contribution in [0.4, 0.5) is 10.1 Å². The maximum Gasteiger partial charge on any atom is 0.132 e. The average molecular weight is 285 g/mol. The number of aromatic hydroxyl groups is 1. The van der Waals surface area contributed by atoms with E-state index in [-0.39, 0.29) is 17.6 Å². The SMILES string of the molecule is Cc1ccc2c(c1)CCCN2C(C)c1ccc(O)cc1F. The lowest BCUT2D eigenvalue weighted by Gasteiger charge is -2.37. The van der Waals surface area contributed by atoms with Crippen molar-refractivity contribution < 1.29 is 9.50 Å². The van der Waals surface area contributed by atoms with Gasteiger partial charge in [-0.15, -0.1) is 0 Å². The summed E-state index contributed by atoms with van der Waals surface area (Å²) in [4.78, 5) is 2.26. The van der Waals surface area contributed by atoms with Crippen LogP contribution in [0.1, 0.15) is 36.1 Å². The molecule has 0 amide bonds. The third kappa shape index (κ3) is 2.60. The van der Waals surface area contributed by atoms with E-state index in [0.717, 1.165) is 19.4 Å². The molecule has 0 bridgehead atoms. The molecule has 21 heavy (non-hydrogen) atoms. The van der Waals surface area contributed by atoms with Gasteiger partial charge in [0.05, 0.1) is 6.04 Å². The second-order valence-electron chi connectivity index (χ2n) is 5.81. The Morgan fingerprint density at radius 1 is 1.19 bits per heavy atom. The maximum absolute atomic E-state index is 14.1. The first-order chi connectivity index (χ1) is 10.1. The van der Waals surface area contributed by atoms with Crippen LogP contribution < -0.4 is 4.90 Å². The van der Waals surface area contributed by atoms with Crippen molar-refractivity contribution in [3.63, 3.8) is 0 Å². The molecule has 0 radical (unpaired) electrons. The van der Waals surface area contributed by atoms with Gasteiger partial charge >= 0.3 is 0 Å². The highest BCUT2D eigenvalue weighted by molar-refractivity contribution is 5.58. The van der Waals surface area contributed by atoms with E-state index >= 15 is 0 Å². The molecule has 1 unspecified atom stereocenters. The smallest absolute Gasteiger partial charge is 0.132 e. The van der Waals surface area contributed by atoms with Crippen LogP contribution in [0.5, 0.6) is 5.75 Å². The lowest BCUT2D eigenvalue weighted by molar-refractivity contribution is 0.465. The molecule has 1 N–H and O–H groups in total. The van der Waals surface area contributed by atoms with Gasteiger partial charge in [0.1, 0.15) is 11.6 Å². The number of anilines is 1. The van der Waals surface area contributed by atoms with Gasteiger partial charge in [0.25, 0.3) is 0 Å². The van der Waals surface area contributed by atoms with E-state index in [1.54, 1.807) is 12.1 Å². The van der Waals surface area contributed by atoms with Crippen molar-refractivity contribution >= 4 is 5.69 Å². The van der Waals surface area contributed by atoms with Gasteiger partial charge in [-0.25, -0.2) is 4.39 Å². The molecule has 2 aromatic rings. The number of fused-ring (bicyclic) bond motifs is 1. The highest BCUT2D eigenvalue weighted by Gasteiger charge is 2.24. The molecular weight excluding hydrogens is 265 g/mol. The van der Waals surface area contributed by atoms with Crippen LogP contribution in [0.15, 0.2) is 36.4 Å². The number of phenolic OH excluding ortho intramolecular Hbond substituents is 1. The summed E-state index contributed by atoms with van der Waals surface area (Å²) in [6, 6.07) is 10.8. The molecule has 110 valence electrons. The molecule has 2 nitrogen and oxygen atoms in total. The molecule has 0 aliphatic carbocycles. The zero-order valence-electron chi connectivity index (χ0n) is 12.4. The number of hydrogen-bond donors (Lipinski definition) is 1. The first kappa shape index (κ1) is 13.9. The van der Waals surface area contributed by atoms with E-state index in [4.69, 9.17) is 0 Å². The van der Waals surface area contributed by atoms with E-state index in [2.05, 4.69) is 30.0 Å². The normalized spacial score (nSPS) is 15.7. The minimum Gasteiger partial charge on any atom is -0.508 e. The minimum atomic E-state index is -0.346. The summed E-state index contributed by atoms with van der Waals surface area (Å²) < 4.78 is 14.1. The van der Waals surface area contributed by atoms with Crippen LogP contribution in [-0.4, -0.2) is 11.7 Å². The van der Waals surface area contributed by atoms with Crippen molar-refractivity contribution in [3.05, 3.63) is 58.9 Å². The van der Waals surface area contributed by atoms with E-state index < -0.39 is 0 Å². The van der Waals surface area contributed by atoms with Gasteiger partial charge in [-0.3, -0.25) is 0 Å². The predicted octanol–water partition coefficient (Wildman–Crippen LogP) is 4.35. The molecule has 1 atom stereocenters. The molecule has 1 heterocycles. The fourth-order valence-electron chi connectivity index (χ4n) is 3.18. The molecule has 0 spiro atoms. The van der Waals surface area contributed by atoms with Gasteiger partial charge in [0, 0.05) is 23.9 Å². The Hall–Kier alpha value is -2.03. The number of nitrogens with zero attached hydrogens (tertiary/aromatic N) is 1. The van der Waals surface area contributed by atoms with Crippen LogP contribution in [0, 0.1) is 12.7 Å². The number of rotatable bonds is 2. The highest BCUT2D eigenvalue weighted by atomic mass is 19.1. The summed E-state index contributed by atoms with van der Waals surface area (Å²) in [5, 5.41) is 9.36. The zero-order chi connectivity index (χ0) is 15.0. The first-order valence-corrected chi connectivity index (χ1v) is 7.41. The van der Waals surface area contributed by atoms with Crippen molar-refractivity contribution in [1.82, 2.24) is 0 Å². The van der Waals surface area contributed by atoms with Gasteiger partial charge in [-0.1, -0.05) is 23.8 Å². The Labute approximate surface area is 124 Å². The number of phenols is 1. The zero-order valence-corrected chi connectivity index (χ0v) is 12.4. The van der Waals surface area contributed by atoms with Gasteiger partial charge < -0.3 is 10.0 Å². The topological polar surface area (TPSA) is 23.5 Å². The number of hydrogen-bond acceptors (Lipinski definition) is 2. The molecule has 1 aliphatic rings. The third-order valence-electron chi connectivity index (χ3n) is 4.29. The van der Waals surface area contributed by atoms with Gasteiger partial charge in [0.2, 0.25) is 0 Å². The lowest BCUT2D eigenvalue weighted by atomic mass is 9.96. The maximum atomic E-state index is 14.1. The molecular formula is C18H20FNO. The quantitative estimate of drug-likeness (QED) is 0.886. The summed E-state index contributed by atoms with van der Waals surface area (Å²) in [5.41, 5.74) is 4.43. The Morgan fingerprint density at radius 3 is 2.76 bits per heavy atom. The summed E-state index contributed by atoms with van der Waals surface area (Å²) >= 11 is 0. The van der Waals surface area contributed by atoms with Crippen molar-refractivity contribution in [3.8, 4) is 5.75 Å². The predicted molar refractivity (Wildman–Crippen MR) is 83.3 cm³/mol. The molecule has 0 fully saturated rings.